The summed E-state index contributed by atoms with van der Waals surface area (Å²) in [5, 5.41) is 18.3. The Labute approximate surface area is 99.5 Å². The number of carbonyl (C=O) groups excluding carboxylic acids is 1. The number of carboxylic acid groups (broad SMARTS) is 1. The summed E-state index contributed by atoms with van der Waals surface area (Å²) >= 11 is 0. The summed E-state index contributed by atoms with van der Waals surface area (Å²) in [5.41, 5.74) is 0.0642. The number of aliphatic carboxylic acids is 1. The van der Waals surface area contributed by atoms with E-state index in [1.54, 1.807) is 0 Å². The van der Waals surface area contributed by atoms with Crippen molar-refractivity contribution in [3.05, 3.63) is 0 Å². The number of aliphatic hydroxyl groups is 1. The van der Waals surface area contributed by atoms with Crippen LogP contribution in [0.25, 0.3) is 0 Å². The molecule has 0 amide bonds. The second-order valence-electron chi connectivity index (χ2n) is 4.58. The molecule has 0 aromatic rings. The highest BCUT2D eigenvalue weighted by atomic mass is 16.4. The summed E-state index contributed by atoms with van der Waals surface area (Å²) in [6.45, 7) is 8.84. The minimum absolute atomic E-state index is 0.0642. The Hall–Kier alpha value is -0.610. The average Bonchev–Trinajstić information content (AvgIpc) is 2.20. The van der Waals surface area contributed by atoms with Gasteiger partial charge in [0.05, 0.1) is 27.2 Å². The van der Waals surface area contributed by atoms with Crippen molar-refractivity contribution in [3.63, 3.8) is 0 Å². The van der Waals surface area contributed by atoms with Gasteiger partial charge in [0.1, 0.15) is 5.54 Å². The molecule has 0 aromatic carbocycles. The molecule has 0 saturated heterocycles. The van der Waals surface area contributed by atoms with Gasteiger partial charge in [0, 0.05) is 18.8 Å². The van der Waals surface area contributed by atoms with E-state index in [4.69, 9.17) is 9.90 Å². The molecular formula is C12H27NO3. The smallest absolute Gasteiger partial charge is 0.122 e. The van der Waals surface area contributed by atoms with Gasteiger partial charge >= 0.3 is 0 Å². The van der Waals surface area contributed by atoms with E-state index >= 15 is 0 Å². The average molecular weight is 233 g/mol. The van der Waals surface area contributed by atoms with Crippen molar-refractivity contribution in [2.24, 2.45) is 0 Å². The normalized spacial score (nSPS) is 11.7. The zero-order valence-corrected chi connectivity index (χ0v) is 11.5. The molecule has 0 aliphatic carbocycles. The molecule has 4 heteroatoms. The highest BCUT2D eigenvalue weighted by Crippen LogP contribution is 2.27. The Kier molecular flexibility index (Phi) is 8.47. The van der Waals surface area contributed by atoms with Crippen LogP contribution in [0.2, 0.25) is 0 Å². The molecule has 0 heterocycles. The number of rotatable bonds is 5. The Morgan fingerprint density at radius 2 is 1.56 bits per heavy atom. The standard InChI is InChI=1S/C10H24NO.C2H4O2/c1-6-10(7-2,9-12)11(4,5)8-3;1-2(3)4/h12H,6-9H2,1-5H3;1H3,(H,3,4)/q+1;/p-1. The predicted molar refractivity (Wildman–Crippen MR) is 63.7 cm³/mol. The van der Waals surface area contributed by atoms with Crippen LogP contribution in [-0.4, -0.2) is 48.3 Å². The van der Waals surface area contributed by atoms with Crippen LogP contribution < -0.4 is 5.11 Å². The van der Waals surface area contributed by atoms with Crippen LogP contribution in [0.1, 0.15) is 40.5 Å². The van der Waals surface area contributed by atoms with E-state index in [2.05, 4.69) is 34.9 Å². The van der Waals surface area contributed by atoms with E-state index in [1.165, 1.54) is 0 Å². The number of carbonyl (C=O) groups is 1. The van der Waals surface area contributed by atoms with Gasteiger partial charge in [-0.3, -0.25) is 0 Å². The van der Waals surface area contributed by atoms with E-state index in [0.29, 0.717) is 6.61 Å². The van der Waals surface area contributed by atoms with Gasteiger partial charge in [-0.1, -0.05) is 13.8 Å². The van der Waals surface area contributed by atoms with Crippen LogP contribution in [0.5, 0.6) is 0 Å². The van der Waals surface area contributed by atoms with Crippen molar-refractivity contribution >= 4 is 5.97 Å². The fourth-order valence-corrected chi connectivity index (χ4v) is 1.86. The van der Waals surface area contributed by atoms with Gasteiger partial charge in [-0.2, -0.15) is 0 Å². The van der Waals surface area contributed by atoms with Crippen molar-refractivity contribution in [1.29, 1.82) is 0 Å². The number of nitrogens with zero attached hydrogens (tertiary/aromatic N) is 1. The van der Waals surface area contributed by atoms with Crippen molar-refractivity contribution in [1.82, 2.24) is 0 Å². The highest BCUT2D eigenvalue weighted by Gasteiger charge is 2.40. The molecule has 0 saturated carbocycles. The maximum absolute atomic E-state index is 9.43. The van der Waals surface area contributed by atoms with Gasteiger partial charge in [0.15, 0.2) is 0 Å². The first-order valence-corrected chi connectivity index (χ1v) is 5.84. The lowest BCUT2D eigenvalue weighted by Crippen LogP contribution is -2.61. The van der Waals surface area contributed by atoms with Gasteiger partial charge in [-0.05, 0) is 13.8 Å². The Balaban J connectivity index is 0. The third-order valence-corrected chi connectivity index (χ3v) is 3.69. The van der Waals surface area contributed by atoms with Gasteiger partial charge in [0.25, 0.3) is 0 Å². The molecule has 0 atom stereocenters. The monoisotopic (exact) mass is 233 g/mol. The van der Waals surface area contributed by atoms with Gasteiger partial charge in [-0.15, -0.1) is 0 Å². The molecule has 1 N–H and O–H groups in total. The molecule has 98 valence electrons. The molecule has 0 bridgehead atoms. The molecule has 0 spiro atoms. The van der Waals surface area contributed by atoms with Gasteiger partial charge in [0.2, 0.25) is 0 Å². The fourth-order valence-electron chi connectivity index (χ4n) is 1.86. The molecular weight excluding hydrogens is 206 g/mol. The molecule has 0 rings (SSSR count). The molecule has 4 nitrogen and oxygen atoms in total. The van der Waals surface area contributed by atoms with Gasteiger partial charge in [-0.25, -0.2) is 0 Å². The molecule has 0 aromatic heterocycles. The van der Waals surface area contributed by atoms with Crippen LogP contribution in [-0.2, 0) is 4.79 Å². The first-order valence-electron chi connectivity index (χ1n) is 5.84. The van der Waals surface area contributed by atoms with Crippen molar-refractivity contribution in [2.75, 3.05) is 27.2 Å². The van der Waals surface area contributed by atoms with Crippen molar-refractivity contribution < 1.29 is 19.5 Å². The van der Waals surface area contributed by atoms with Crippen molar-refractivity contribution in [3.8, 4) is 0 Å². The minimum Gasteiger partial charge on any atom is -0.550 e. The Bertz CT molecular complexity index is 186. The number of carboxylic acids is 1. The first-order chi connectivity index (χ1) is 7.22. The summed E-state index contributed by atoms with van der Waals surface area (Å²) in [4.78, 5) is 8.89. The molecule has 0 radical (unpaired) electrons. The highest BCUT2D eigenvalue weighted by molar-refractivity contribution is 5.60. The lowest BCUT2D eigenvalue weighted by molar-refractivity contribution is -0.941. The minimum atomic E-state index is -1.08. The number of likely N-dealkylation sites (N-methyl/N-ethyl adjacent to an activating group) is 1. The summed E-state index contributed by atoms with van der Waals surface area (Å²) in [7, 11) is 4.40. The SMILES string of the molecule is CC(=O)[O-].CCC(CC)(CO)[N+](C)(C)CC. The van der Waals surface area contributed by atoms with Crippen LogP contribution in [0.3, 0.4) is 0 Å². The van der Waals surface area contributed by atoms with E-state index in [0.717, 1.165) is 30.8 Å². The fraction of sp³-hybridized carbons (Fsp3) is 0.917. The van der Waals surface area contributed by atoms with E-state index in [9.17, 15) is 5.11 Å². The second kappa shape index (κ2) is 7.63. The summed E-state index contributed by atoms with van der Waals surface area (Å²) in [6, 6.07) is 0. The first kappa shape index (κ1) is 17.8. The largest absolute Gasteiger partial charge is 0.550 e. The second-order valence-corrected chi connectivity index (χ2v) is 4.58. The number of hydrogen-bond donors (Lipinski definition) is 1. The van der Waals surface area contributed by atoms with E-state index in [-0.39, 0.29) is 5.54 Å². The summed E-state index contributed by atoms with van der Waals surface area (Å²) in [5.74, 6) is -1.08. The summed E-state index contributed by atoms with van der Waals surface area (Å²) < 4.78 is 0.913. The third-order valence-electron chi connectivity index (χ3n) is 3.69. The Morgan fingerprint density at radius 1 is 1.25 bits per heavy atom. The molecule has 0 aliphatic heterocycles. The molecule has 0 unspecified atom stereocenters. The number of aliphatic hydroxyl groups excluding tert-OH is 1. The van der Waals surface area contributed by atoms with E-state index in [1.807, 2.05) is 0 Å². The zero-order chi connectivity index (χ0) is 13.4. The van der Waals surface area contributed by atoms with Gasteiger partial charge < -0.3 is 19.5 Å². The zero-order valence-electron chi connectivity index (χ0n) is 11.5. The predicted octanol–water partition coefficient (Wildman–Crippen LogP) is 0.390. The van der Waals surface area contributed by atoms with E-state index < -0.39 is 5.97 Å². The lowest BCUT2D eigenvalue weighted by atomic mass is 9.89. The lowest BCUT2D eigenvalue weighted by Gasteiger charge is -2.46. The van der Waals surface area contributed by atoms with Crippen LogP contribution >= 0.6 is 0 Å². The van der Waals surface area contributed by atoms with Crippen LogP contribution in [0.15, 0.2) is 0 Å². The summed E-state index contributed by atoms with van der Waals surface area (Å²) in [6.07, 6.45) is 2.08. The van der Waals surface area contributed by atoms with Crippen LogP contribution in [0, 0.1) is 0 Å². The van der Waals surface area contributed by atoms with Crippen molar-refractivity contribution in [2.45, 2.75) is 46.1 Å². The maximum Gasteiger partial charge on any atom is 0.122 e. The number of hydrogen-bond acceptors (Lipinski definition) is 3. The molecule has 0 fully saturated rings. The maximum atomic E-state index is 9.43. The van der Waals surface area contributed by atoms with Crippen LogP contribution in [0.4, 0.5) is 0 Å². The third kappa shape index (κ3) is 4.94. The quantitative estimate of drug-likeness (QED) is 0.699. The molecule has 16 heavy (non-hydrogen) atoms. The topological polar surface area (TPSA) is 60.4 Å². The number of quaternary nitrogens is 1. The Morgan fingerprint density at radius 3 is 1.62 bits per heavy atom. The molecule has 0 aliphatic rings.